The van der Waals surface area contributed by atoms with Crippen LogP contribution in [0.4, 0.5) is 5.82 Å². The van der Waals surface area contributed by atoms with Gasteiger partial charge in [0.15, 0.2) is 5.03 Å². The number of piperidine rings is 2. The third-order valence-electron chi connectivity index (χ3n) is 6.56. The molecule has 146 valence electrons. The van der Waals surface area contributed by atoms with Gasteiger partial charge >= 0.3 is 0 Å². The Kier molecular flexibility index (Phi) is 6.57. The van der Waals surface area contributed by atoms with E-state index in [4.69, 9.17) is 0 Å². The van der Waals surface area contributed by atoms with Crippen LogP contribution in [0.3, 0.4) is 0 Å². The molecule has 0 unspecified atom stereocenters. The van der Waals surface area contributed by atoms with Crippen LogP contribution < -0.4 is 14.8 Å². The number of H-pyrrole nitrogens is 1. The van der Waals surface area contributed by atoms with Crippen molar-refractivity contribution in [1.29, 1.82) is 5.26 Å². The molecule has 2 aliphatic heterocycles. The topological polar surface area (TPSA) is 45.6 Å². The molecular weight excluding hydrogens is 352 g/mol. The fourth-order valence-corrected chi connectivity index (χ4v) is 6.12. The average Bonchev–Trinajstić information content (AvgIpc) is 2.74. The van der Waals surface area contributed by atoms with E-state index >= 15 is 0 Å². The summed E-state index contributed by atoms with van der Waals surface area (Å²) in [6, 6.07) is 2.56. The number of nitriles is 1. The lowest BCUT2D eigenvalue weighted by atomic mass is 9.89. The SMILES string of the molecule is N#Cc1c(SCC[NH+]2CCCCC2)[nH+]c(N2CCCCC2)c2c1CCCC2. The van der Waals surface area contributed by atoms with Gasteiger partial charge in [0.25, 0.3) is 5.82 Å². The number of rotatable bonds is 5. The van der Waals surface area contributed by atoms with Crippen LogP contribution in [0.25, 0.3) is 0 Å². The Morgan fingerprint density at radius 1 is 0.926 bits per heavy atom. The first kappa shape index (κ1) is 19.1. The summed E-state index contributed by atoms with van der Waals surface area (Å²) >= 11 is 1.89. The zero-order valence-electron chi connectivity index (χ0n) is 16.6. The zero-order valence-corrected chi connectivity index (χ0v) is 17.4. The molecule has 1 aliphatic carbocycles. The summed E-state index contributed by atoms with van der Waals surface area (Å²) < 4.78 is 0. The van der Waals surface area contributed by atoms with Crippen molar-refractivity contribution >= 4 is 17.6 Å². The molecule has 0 radical (unpaired) electrons. The van der Waals surface area contributed by atoms with Crippen LogP contribution in [0.5, 0.6) is 0 Å². The van der Waals surface area contributed by atoms with Crippen molar-refractivity contribution < 1.29 is 9.88 Å². The molecule has 0 aromatic carbocycles. The first-order chi connectivity index (χ1) is 13.4. The van der Waals surface area contributed by atoms with Gasteiger partial charge in [-0.15, -0.1) is 0 Å². The number of aromatic amines is 1. The van der Waals surface area contributed by atoms with Crippen LogP contribution in [0.2, 0.25) is 0 Å². The fraction of sp³-hybridized carbons (Fsp3) is 0.727. The van der Waals surface area contributed by atoms with E-state index in [0.29, 0.717) is 0 Å². The molecule has 5 heteroatoms. The molecule has 4 nitrogen and oxygen atoms in total. The van der Waals surface area contributed by atoms with Gasteiger partial charge in [0.05, 0.1) is 38.5 Å². The molecule has 3 aliphatic rings. The Morgan fingerprint density at radius 3 is 2.37 bits per heavy atom. The van der Waals surface area contributed by atoms with Gasteiger partial charge in [0.2, 0.25) is 0 Å². The molecule has 2 N–H and O–H groups in total. The van der Waals surface area contributed by atoms with E-state index < -0.39 is 0 Å². The van der Waals surface area contributed by atoms with Gasteiger partial charge in [-0.2, -0.15) is 5.26 Å². The summed E-state index contributed by atoms with van der Waals surface area (Å²) in [6.07, 6.45) is 12.8. The molecule has 2 fully saturated rings. The highest BCUT2D eigenvalue weighted by molar-refractivity contribution is 7.99. The lowest BCUT2D eigenvalue weighted by Gasteiger charge is -2.27. The van der Waals surface area contributed by atoms with Crippen LogP contribution >= 0.6 is 11.8 Å². The first-order valence-electron chi connectivity index (χ1n) is 11.1. The quantitative estimate of drug-likeness (QED) is 0.791. The molecule has 0 spiro atoms. The van der Waals surface area contributed by atoms with Gasteiger partial charge in [-0.25, -0.2) is 4.98 Å². The van der Waals surface area contributed by atoms with Gasteiger partial charge in [0, 0.05) is 5.56 Å². The van der Waals surface area contributed by atoms with E-state index in [1.807, 2.05) is 11.8 Å². The van der Waals surface area contributed by atoms with Crippen molar-refractivity contribution in [3.8, 4) is 6.07 Å². The zero-order chi connectivity index (χ0) is 18.5. The molecule has 0 bridgehead atoms. The fourth-order valence-electron chi connectivity index (χ4n) is 5.04. The Labute approximate surface area is 168 Å². The van der Waals surface area contributed by atoms with E-state index in [0.717, 1.165) is 42.3 Å². The summed E-state index contributed by atoms with van der Waals surface area (Å²) in [6.45, 7) is 6.21. The number of hydrogen-bond donors (Lipinski definition) is 1. The molecule has 27 heavy (non-hydrogen) atoms. The second-order valence-electron chi connectivity index (χ2n) is 8.41. The Hall–Kier alpha value is -1.25. The minimum Gasteiger partial charge on any atom is -0.334 e. The number of fused-ring (bicyclic) bond motifs is 1. The van der Waals surface area contributed by atoms with E-state index in [-0.39, 0.29) is 0 Å². The monoisotopic (exact) mass is 386 g/mol. The Balaban J connectivity index is 1.56. The first-order valence-corrected chi connectivity index (χ1v) is 12.1. The lowest BCUT2D eigenvalue weighted by molar-refractivity contribution is -0.902. The summed E-state index contributed by atoms with van der Waals surface area (Å²) in [5.41, 5.74) is 3.76. The summed E-state index contributed by atoms with van der Waals surface area (Å²) in [5.74, 6) is 2.45. The van der Waals surface area contributed by atoms with Gasteiger partial charge in [0.1, 0.15) is 11.6 Å². The van der Waals surface area contributed by atoms with E-state index in [1.54, 1.807) is 4.90 Å². The van der Waals surface area contributed by atoms with Crippen LogP contribution in [-0.2, 0) is 12.8 Å². The second kappa shape index (κ2) is 9.30. The summed E-state index contributed by atoms with van der Waals surface area (Å²) in [7, 11) is 0. The number of anilines is 1. The molecule has 4 rings (SSSR count). The number of likely N-dealkylation sites (tertiary alicyclic amines) is 1. The largest absolute Gasteiger partial charge is 0.334 e. The number of aromatic nitrogens is 1. The van der Waals surface area contributed by atoms with Crippen molar-refractivity contribution in [2.45, 2.75) is 69.2 Å². The van der Waals surface area contributed by atoms with Gasteiger partial charge in [-0.3, -0.25) is 4.90 Å². The lowest BCUT2D eigenvalue weighted by Crippen LogP contribution is -3.13. The van der Waals surface area contributed by atoms with Crippen molar-refractivity contribution in [2.75, 3.05) is 43.4 Å². The molecule has 3 heterocycles. The number of nitrogens with one attached hydrogen (secondary N) is 2. The van der Waals surface area contributed by atoms with Crippen molar-refractivity contribution in [3.05, 3.63) is 16.7 Å². The van der Waals surface area contributed by atoms with Gasteiger partial charge in [-0.05, 0) is 69.8 Å². The minimum atomic E-state index is 0.948. The smallest absolute Gasteiger partial charge is 0.278 e. The standard InChI is InChI=1S/C22H32N4S/c23-17-20-18-9-3-4-10-19(18)21(26-13-7-2-8-14-26)24-22(20)27-16-15-25-11-5-1-6-12-25/h1-16H2/p+2. The van der Waals surface area contributed by atoms with Crippen molar-refractivity contribution in [3.63, 3.8) is 0 Å². The predicted molar refractivity (Wildman–Crippen MR) is 111 cm³/mol. The average molecular weight is 387 g/mol. The molecule has 0 atom stereocenters. The van der Waals surface area contributed by atoms with Crippen LogP contribution in [-0.4, -0.2) is 38.5 Å². The predicted octanol–water partition coefficient (Wildman–Crippen LogP) is 2.40. The number of thioether (sulfide) groups is 1. The van der Waals surface area contributed by atoms with E-state index in [9.17, 15) is 5.26 Å². The van der Waals surface area contributed by atoms with E-state index in [2.05, 4.69) is 16.0 Å². The molecule has 2 saturated heterocycles. The van der Waals surface area contributed by atoms with Gasteiger partial charge in [-0.1, -0.05) is 11.8 Å². The van der Waals surface area contributed by atoms with Crippen LogP contribution in [0.15, 0.2) is 5.03 Å². The highest BCUT2D eigenvalue weighted by atomic mass is 32.2. The molecule has 0 saturated carbocycles. The molecule has 0 amide bonds. The normalized spacial score (nSPS) is 20.9. The van der Waals surface area contributed by atoms with Crippen LogP contribution in [0.1, 0.15) is 68.1 Å². The Morgan fingerprint density at radius 2 is 1.63 bits per heavy atom. The molecular formula is C22H34N4S+2. The van der Waals surface area contributed by atoms with Crippen molar-refractivity contribution in [1.82, 2.24) is 0 Å². The highest BCUT2D eigenvalue weighted by Gasteiger charge is 2.30. The third-order valence-corrected chi connectivity index (χ3v) is 7.56. The maximum Gasteiger partial charge on any atom is 0.278 e. The third kappa shape index (κ3) is 4.43. The Bertz CT molecular complexity index is 685. The second-order valence-corrected chi connectivity index (χ2v) is 9.52. The maximum atomic E-state index is 9.92. The molecule has 1 aromatic rings. The summed E-state index contributed by atoms with van der Waals surface area (Å²) in [4.78, 5) is 8.07. The van der Waals surface area contributed by atoms with Gasteiger partial charge < -0.3 is 4.90 Å². The summed E-state index contributed by atoms with van der Waals surface area (Å²) in [5, 5.41) is 11.1. The van der Waals surface area contributed by atoms with Crippen LogP contribution in [0, 0.1) is 11.3 Å². The highest BCUT2D eigenvalue weighted by Crippen LogP contribution is 2.34. The number of pyridine rings is 1. The van der Waals surface area contributed by atoms with E-state index in [1.165, 1.54) is 87.9 Å². The number of hydrogen-bond acceptors (Lipinski definition) is 3. The van der Waals surface area contributed by atoms with Crippen molar-refractivity contribution in [2.24, 2.45) is 0 Å². The number of quaternary nitrogens is 1. The maximum absolute atomic E-state index is 9.92. The number of nitrogens with zero attached hydrogens (tertiary/aromatic N) is 2. The minimum absolute atomic E-state index is 0.948. The molecule has 1 aromatic heterocycles.